The maximum atomic E-state index is 12.2. The number of halogens is 1. The average molecular weight is 578 g/mol. The zero-order valence-corrected chi connectivity index (χ0v) is 24.0. The maximum Gasteiger partial charge on any atom is 0.410 e. The van der Waals surface area contributed by atoms with Crippen LogP contribution < -0.4 is 5.32 Å². The smallest absolute Gasteiger partial charge is 0.410 e. The predicted molar refractivity (Wildman–Crippen MR) is 144 cm³/mol. The number of guanidine groups is 1. The van der Waals surface area contributed by atoms with E-state index in [1.54, 1.807) is 4.90 Å². The molecule has 9 nitrogen and oxygen atoms in total. The fourth-order valence-corrected chi connectivity index (χ4v) is 3.86. The molecule has 1 N–H and O–H groups in total. The molecule has 0 atom stereocenters. The summed E-state index contributed by atoms with van der Waals surface area (Å²) in [4.78, 5) is 23.0. The van der Waals surface area contributed by atoms with E-state index in [2.05, 4.69) is 52.3 Å². The number of aliphatic imine (C=N–C) groups is 1. The first kappa shape index (κ1) is 29.5. The number of ether oxygens (including phenoxy) is 1. The molecule has 0 unspecified atom stereocenters. The highest BCUT2D eigenvalue weighted by molar-refractivity contribution is 14.0. The second-order valence-corrected chi connectivity index (χ2v) is 9.86. The Bertz CT molecular complexity index is 765. The number of aryl methyl sites for hydroxylation is 1. The molecule has 0 spiro atoms. The topological polar surface area (TPSA) is 78.2 Å². The molecule has 0 aromatic carbocycles. The Morgan fingerprint density at radius 3 is 2.45 bits per heavy atom. The molecule has 0 saturated carbocycles. The fourth-order valence-electron chi connectivity index (χ4n) is 3.86. The van der Waals surface area contributed by atoms with Gasteiger partial charge in [-0.2, -0.15) is 5.10 Å². The molecule has 1 aliphatic heterocycles. The quantitative estimate of drug-likeness (QED) is 0.232. The summed E-state index contributed by atoms with van der Waals surface area (Å²) in [5.41, 5.74) is 1.93. The zero-order chi connectivity index (χ0) is 23.9. The number of amides is 1. The molecular weight excluding hydrogens is 533 g/mol. The van der Waals surface area contributed by atoms with Crippen molar-refractivity contribution in [2.75, 3.05) is 53.4 Å². The molecule has 2 rings (SSSR count). The molecule has 33 heavy (non-hydrogen) atoms. The Balaban J connectivity index is 0.00000544. The fraction of sp³-hybridized carbons (Fsp3) is 0.783. The van der Waals surface area contributed by atoms with Crippen molar-refractivity contribution in [3.63, 3.8) is 0 Å². The first-order chi connectivity index (χ1) is 15.0. The van der Waals surface area contributed by atoms with E-state index in [1.165, 1.54) is 5.56 Å². The highest BCUT2D eigenvalue weighted by Crippen LogP contribution is 2.18. The molecule has 0 bridgehead atoms. The minimum Gasteiger partial charge on any atom is -0.444 e. The molecule has 2 heterocycles. The second-order valence-electron chi connectivity index (χ2n) is 9.86. The molecule has 0 aliphatic carbocycles. The van der Waals surface area contributed by atoms with Gasteiger partial charge in [0.15, 0.2) is 5.96 Å². The maximum absolute atomic E-state index is 12.2. The third-order valence-electron chi connectivity index (χ3n) is 5.42. The summed E-state index contributed by atoms with van der Waals surface area (Å²) in [5, 5.41) is 8.08. The largest absolute Gasteiger partial charge is 0.444 e. The SMILES string of the molecule is CN=C(NCCCN1CCN(C(=O)OC(C)(C)C)CC1)N(C)Cc1cn(C)nc1C(C)C.I. The molecule has 1 saturated heterocycles. The molecule has 1 fully saturated rings. The summed E-state index contributed by atoms with van der Waals surface area (Å²) in [6.45, 7) is 15.9. The van der Waals surface area contributed by atoms with E-state index in [0.29, 0.717) is 5.92 Å². The zero-order valence-electron chi connectivity index (χ0n) is 21.7. The van der Waals surface area contributed by atoms with Gasteiger partial charge < -0.3 is 19.9 Å². The second kappa shape index (κ2) is 13.4. The highest BCUT2D eigenvalue weighted by atomic mass is 127. The number of carbonyl (C=O) groups is 1. The van der Waals surface area contributed by atoms with E-state index in [1.807, 2.05) is 39.5 Å². The molecule has 1 aromatic rings. The number of piperazine rings is 1. The average Bonchev–Trinajstić information content (AvgIpc) is 3.07. The van der Waals surface area contributed by atoms with Gasteiger partial charge in [0.25, 0.3) is 0 Å². The number of aromatic nitrogens is 2. The van der Waals surface area contributed by atoms with Gasteiger partial charge in [0.2, 0.25) is 0 Å². The molecule has 1 aromatic heterocycles. The van der Waals surface area contributed by atoms with Crippen LogP contribution in [0.2, 0.25) is 0 Å². The van der Waals surface area contributed by atoms with E-state index in [4.69, 9.17) is 4.74 Å². The van der Waals surface area contributed by atoms with Gasteiger partial charge in [-0.15, -0.1) is 24.0 Å². The van der Waals surface area contributed by atoms with Gasteiger partial charge in [-0.3, -0.25) is 14.6 Å². The van der Waals surface area contributed by atoms with Gasteiger partial charge in [-0.05, 0) is 39.7 Å². The van der Waals surface area contributed by atoms with Crippen molar-refractivity contribution in [1.82, 2.24) is 29.8 Å². The van der Waals surface area contributed by atoms with Crippen LogP contribution in [-0.2, 0) is 18.3 Å². The summed E-state index contributed by atoms with van der Waals surface area (Å²) in [6, 6.07) is 0. The normalized spacial score (nSPS) is 15.4. The minimum absolute atomic E-state index is 0. The van der Waals surface area contributed by atoms with Crippen molar-refractivity contribution in [2.45, 2.75) is 59.1 Å². The molecular formula is C23H44IN7O2. The Labute approximate surface area is 216 Å². The first-order valence-electron chi connectivity index (χ1n) is 11.6. The van der Waals surface area contributed by atoms with Gasteiger partial charge in [-0.25, -0.2) is 4.79 Å². The van der Waals surface area contributed by atoms with Gasteiger partial charge in [0, 0.05) is 72.2 Å². The van der Waals surface area contributed by atoms with Gasteiger partial charge in [-0.1, -0.05) is 13.8 Å². The number of hydrogen-bond acceptors (Lipinski definition) is 5. The number of carbonyl (C=O) groups excluding carboxylic acids is 1. The van der Waals surface area contributed by atoms with Crippen molar-refractivity contribution in [2.24, 2.45) is 12.0 Å². The van der Waals surface area contributed by atoms with Crippen molar-refractivity contribution in [3.05, 3.63) is 17.5 Å². The van der Waals surface area contributed by atoms with Gasteiger partial charge >= 0.3 is 6.09 Å². The van der Waals surface area contributed by atoms with Crippen LogP contribution in [0.5, 0.6) is 0 Å². The van der Waals surface area contributed by atoms with Crippen LogP contribution in [0.15, 0.2) is 11.2 Å². The van der Waals surface area contributed by atoms with E-state index in [-0.39, 0.29) is 30.1 Å². The van der Waals surface area contributed by atoms with Gasteiger partial charge in [0.05, 0.1) is 5.69 Å². The van der Waals surface area contributed by atoms with Crippen molar-refractivity contribution >= 4 is 36.0 Å². The lowest BCUT2D eigenvalue weighted by molar-refractivity contribution is 0.0145. The molecule has 190 valence electrons. The lowest BCUT2D eigenvalue weighted by Crippen LogP contribution is -2.50. The van der Waals surface area contributed by atoms with Crippen LogP contribution in [-0.4, -0.2) is 95.5 Å². The Morgan fingerprint density at radius 1 is 1.27 bits per heavy atom. The first-order valence-corrected chi connectivity index (χ1v) is 11.6. The minimum atomic E-state index is -0.445. The predicted octanol–water partition coefficient (Wildman–Crippen LogP) is 3.11. The van der Waals surface area contributed by atoms with E-state index < -0.39 is 5.60 Å². The van der Waals surface area contributed by atoms with Crippen LogP contribution in [0.4, 0.5) is 4.79 Å². The molecule has 1 amide bonds. The summed E-state index contributed by atoms with van der Waals surface area (Å²) in [5.74, 6) is 1.28. The van der Waals surface area contributed by atoms with E-state index in [0.717, 1.165) is 63.9 Å². The molecule has 0 radical (unpaired) electrons. The number of hydrogen-bond donors (Lipinski definition) is 1. The Hall–Kier alpha value is -1.56. The summed E-state index contributed by atoms with van der Waals surface area (Å²) in [6.07, 6.45) is 2.90. The van der Waals surface area contributed by atoms with E-state index in [9.17, 15) is 4.79 Å². The molecule has 1 aliphatic rings. The number of rotatable bonds is 7. The lowest BCUT2D eigenvalue weighted by atomic mass is 10.1. The van der Waals surface area contributed by atoms with Crippen molar-refractivity contribution < 1.29 is 9.53 Å². The van der Waals surface area contributed by atoms with Gasteiger partial charge in [0.1, 0.15) is 5.60 Å². The standard InChI is InChI=1S/C23H43N7O2.HI/c1-18(2)20-19(17-28(8)26-20)16-27(7)21(24-6)25-10-9-11-29-12-14-30(15-13-29)22(31)32-23(3,4)5;/h17-18H,9-16H2,1-8H3,(H,24,25);1H. The van der Waals surface area contributed by atoms with Crippen LogP contribution in [0, 0.1) is 0 Å². The van der Waals surface area contributed by atoms with Crippen molar-refractivity contribution in [1.29, 1.82) is 0 Å². The Kier molecular flexibility index (Phi) is 11.9. The number of nitrogens with one attached hydrogen (secondary N) is 1. The molecule has 10 heteroatoms. The third kappa shape index (κ3) is 9.68. The summed E-state index contributed by atoms with van der Waals surface area (Å²) >= 11 is 0. The van der Waals surface area contributed by atoms with Crippen LogP contribution in [0.3, 0.4) is 0 Å². The van der Waals surface area contributed by atoms with Crippen LogP contribution in [0.25, 0.3) is 0 Å². The van der Waals surface area contributed by atoms with Crippen LogP contribution in [0.1, 0.15) is 58.2 Å². The summed E-state index contributed by atoms with van der Waals surface area (Å²) in [7, 11) is 5.85. The number of nitrogens with zero attached hydrogens (tertiary/aromatic N) is 6. The Morgan fingerprint density at radius 2 is 1.91 bits per heavy atom. The van der Waals surface area contributed by atoms with Crippen molar-refractivity contribution in [3.8, 4) is 0 Å². The van der Waals surface area contributed by atoms with Crippen LogP contribution >= 0.6 is 24.0 Å². The lowest BCUT2D eigenvalue weighted by Gasteiger charge is -2.35. The third-order valence-corrected chi connectivity index (χ3v) is 5.42. The monoisotopic (exact) mass is 577 g/mol. The summed E-state index contributed by atoms with van der Waals surface area (Å²) < 4.78 is 7.36. The highest BCUT2D eigenvalue weighted by Gasteiger charge is 2.25. The van der Waals surface area contributed by atoms with E-state index >= 15 is 0 Å².